The molecule has 1 fully saturated rings. The minimum absolute atomic E-state index is 0.245. The van der Waals surface area contributed by atoms with Crippen molar-refractivity contribution in [3.63, 3.8) is 0 Å². The normalized spacial score (nSPS) is 35.1. The van der Waals surface area contributed by atoms with Crippen LogP contribution in [0.1, 0.15) is 24.2 Å². The van der Waals surface area contributed by atoms with Crippen LogP contribution in [-0.4, -0.2) is 87.9 Å². The largest absolute Gasteiger partial charge is 0.459 e. The summed E-state index contributed by atoms with van der Waals surface area (Å²) in [5, 5.41) is 35.7. The molecule has 1 aromatic carbocycles. The van der Waals surface area contributed by atoms with Gasteiger partial charge in [-0.25, -0.2) is 9.59 Å². The Hall–Kier alpha value is -2.24. The van der Waals surface area contributed by atoms with Crippen molar-refractivity contribution in [1.29, 1.82) is 0 Å². The first-order valence-electron chi connectivity index (χ1n) is 9.18. The van der Waals surface area contributed by atoms with Crippen LogP contribution >= 0.6 is 0 Å². The Balaban J connectivity index is 2.39. The van der Waals surface area contributed by atoms with Crippen molar-refractivity contribution in [1.82, 2.24) is 10.2 Å². The van der Waals surface area contributed by atoms with Gasteiger partial charge in [-0.05, 0) is 26.0 Å². The van der Waals surface area contributed by atoms with Crippen LogP contribution in [0.3, 0.4) is 0 Å². The van der Waals surface area contributed by atoms with E-state index in [9.17, 15) is 24.9 Å². The van der Waals surface area contributed by atoms with Gasteiger partial charge in [0, 0.05) is 14.1 Å². The molecule has 10 heteroatoms. The van der Waals surface area contributed by atoms with Gasteiger partial charge in [-0.3, -0.25) is 0 Å². The number of carbonyl (C=O) groups excluding carboxylic acids is 2. The number of urea groups is 1. The number of ether oxygens (including phenoxy) is 1. The molecular formula is C19H30N4O6. The summed E-state index contributed by atoms with van der Waals surface area (Å²) >= 11 is 0. The van der Waals surface area contributed by atoms with Crippen molar-refractivity contribution < 1.29 is 29.6 Å². The fourth-order valence-electron chi connectivity index (χ4n) is 3.94. The van der Waals surface area contributed by atoms with Gasteiger partial charge in [0.2, 0.25) is 0 Å². The van der Waals surface area contributed by atoms with Gasteiger partial charge >= 0.3 is 12.0 Å². The molecule has 0 heterocycles. The highest BCUT2D eigenvalue weighted by Crippen LogP contribution is 2.47. The molecule has 2 rings (SSSR count). The summed E-state index contributed by atoms with van der Waals surface area (Å²) in [6.07, 6.45) is -1.40. The number of aliphatic hydroxyl groups is 3. The van der Waals surface area contributed by atoms with Crippen LogP contribution in [0.2, 0.25) is 0 Å². The Kier molecular flexibility index (Phi) is 6.26. The van der Waals surface area contributed by atoms with E-state index in [0.717, 1.165) is 0 Å². The summed E-state index contributed by atoms with van der Waals surface area (Å²) in [4.78, 5) is 25.8. The predicted octanol–water partition coefficient (Wildman–Crippen LogP) is -1.62. The molecule has 29 heavy (non-hydrogen) atoms. The highest BCUT2D eigenvalue weighted by Gasteiger charge is 2.75. The molecule has 0 saturated heterocycles. The number of hydrogen-bond acceptors (Lipinski definition) is 8. The average Bonchev–Trinajstić information content (AvgIpc) is 2.78. The minimum Gasteiger partial charge on any atom is -0.459 e. The lowest BCUT2D eigenvalue weighted by molar-refractivity contribution is -0.187. The summed E-state index contributed by atoms with van der Waals surface area (Å²) in [6.45, 7) is 1.81. The standard InChI is InChI=1S/C19H30N4O6/c1-11(24)19(22-16(26)23(3)4)14(21)13(20)18(28,17(19,2)27)10-29-15(25)12-8-6-5-7-9-12/h5-9,11,13-14,24,27-28H,10,20-21H2,1-4H3,(H,22,26)/t11-,13-,14-,17-,18+,19-/m0/s1. The van der Waals surface area contributed by atoms with Crippen molar-refractivity contribution in [2.24, 2.45) is 11.5 Å². The first kappa shape index (κ1) is 23.0. The monoisotopic (exact) mass is 410 g/mol. The molecule has 1 aromatic rings. The molecule has 10 nitrogen and oxygen atoms in total. The predicted molar refractivity (Wildman–Crippen MR) is 105 cm³/mol. The van der Waals surface area contributed by atoms with Crippen LogP contribution in [0.5, 0.6) is 0 Å². The van der Waals surface area contributed by atoms with Crippen molar-refractivity contribution in [2.45, 2.75) is 48.8 Å². The van der Waals surface area contributed by atoms with E-state index in [4.69, 9.17) is 16.2 Å². The van der Waals surface area contributed by atoms with Gasteiger partial charge in [-0.1, -0.05) is 18.2 Å². The smallest absolute Gasteiger partial charge is 0.338 e. The van der Waals surface area contributed by atoms with Gasteiger partial charge in [0.15, 0.2) is 0 Å². The maximum atomic E-state index is 12.3. The highest BCUT2D eigenvalue weighted by atomic mass is 16.5. The van der Waals surface area contributed by atoms with Gasteiger partial charge < -0.3 is 41.7 Å². The number of nitrogens with two attached hydrogens (primary N) is 2. The number of nitrogens with zero attached hydrogens (tertiary/aromatic N) is 1. The Morgan fingerprint density at radius 1 is 1.21 bits per heavy atom. The number of nitrogens with one attached hydrogen (secondary N) is 1. The second-order valence-corrected chi connectivity index (χ2v) is 7.86. The highest BCUT2D eigenvalue weighted by molar-refractivity contribution is 5.89. The quantitative estimate of drug-likeness (QED) is 0.315. The fourth-order valence-corrected chi connectivity index (χ4v) is 3.94. The third kappa shape index (κ3) is 3.47. The van der Waals surface area contributed by atoms with E-state index in [1.165, 1.54) is 45.0 Å². The van der Waals surface area contributed by atoms with Crippen LogP contribution in [0.25, 0.3) is 0 Å². The first-order valence-corrected chi connectivity index (χ1v) is 9.18. The van der Waals surface area contributed by atoms with Crippen molar-refractivity contribution in [3.05, 3.63) is 35.9 Å². The molecular weight excluding hydrogens is 380 g/mol. The van der Waals surface area contributed by atoms with Crippen molar-refractivity contribution >= 4 is 12.0 Å². The van der Waals surface area contributed by atoms with Gasteiger partial charge in [-0.15, -0.1) is 0 Å². The summed E-state index contributed by atoms with van der Waals surface area (Å²) in [6, 6.07) is 4.83. The molecule has 0 radical (unpaired) electrons. The van der Waals surface area contributed by atoms with Gasteiger partial charge in [0.05, 0.1) is 23.8 Å². The van der Waals surface area contributed by atoms with Crippen LogP contribution in [0, 0.1) is 0 Å². The maximum Gasteiger partial charge on any atom is 0.338 e. The molecule has 0 unspecified atom stereocenters. The van der Waals surface area contributed by atoms with Crippen LogP contribution in [-0.2, 0) is 4.74 Å². The SMILES string of the molecule is C[C@H](O)[C@]1(NC(=O)N(C)C)[C@@H](N)[C@H](N)[C@](O)(COC(=O)c2ccccc2)[C@]1(C)O. The van der Waals surface area contributed by atoms with Gasteiger partial charge in [0.1, 0.15) is 23.3 Å². The van der Waals surface area contributed by atoms with Gasteiger partial charge in [-0.2, -0.15) is 0 Å². The maximum absolute atomic E-state index is 12.3. The van der Waals surface area contributed by atoms with E-state index >= 15 is 0 Å². The zero-order chi connectivity index (χ0) is 22.2. The molecule has 0 aromatic heterocycles. The number of benzene rings is 1. The average molecular weight is 410 g/mol. The van der Waals surface area contributed by atoms with Crippen LogP contribution < -0.4 is 16.8 Å². The number of aliphatic hydroxyl groups excluding tert-OH is 1. The molecule has 162 valence electrons. The van der Waals surface area contributed by atoms with Crippen molar-refractivity contribution in [2.75, 3.05) is 20.7 Å². The number of carbonyl (C=O) groups is 2. The number of rotatable bonds is 5. The summed E-state index contributed by atoms with van der Waals surface area (Å²) < 4.78 is 5.21. The van der Waals surface area contributed by atoms with E-state index in [2.05, 4.69) is 5.32 Å². The first-order chi connectivity index (χ1) is 13.3. The number of hydrogen-bond donors (Lipinski definition) is 6. The molecule has 8 N–H and O–H groups in total. The van der Waals surface area contributed by atoms with Crippen LogP contribution in [0.4, 0.5) is 4.79 Å². The van der Waals surface area contributed by atoms with Gasteiger partial charge in [0.25, 0.3) is 0 Å². The lowest BCUT2D eigenvalue weighted by Crippen LogP contribution is -2.76. The Morgan fingerprint density at radius 2 is 1.76 bits per heavy atom. The third-order valence-electron chi connectivity index (χ3n) is 5.92. The molecule has 0 aliphatic heterocycles. The van der Waals surface area contributed by atoms with E-state index in [1.807, 2.05) is 0 Å². The van der Waals surface area contributed by atoms with Crippen molar-refractivity contribution in [3.8, 4) is 0 Å². The summed E-state index contributed by atoms with van der Waals surface area (Å²) in [7, 11) is 2.93. The second-order valence-electron chi connectivity index (χ2n) is 7.86. The third-order valence-corrected chi connectivity index (χ3v) is 5.92. The molecule has 2 amide bonds. The number of esters is 1. The topological polar surface area (TPSA) is 171 Å². The Labute approximate surface area is 169 Å². The number of amides is 2. The fraction of sp³-hybridized carbons (Fsp3) is 0.579. The Bertz CT molecular complexity index is 756. The molecule has 0 bridgehead atoms. The second kappa shape index (κ2) is 7.88. The molecule has 0 spiro atoms. The van der Waals surface area contributed by atoms with E-state index in [0.29, 0.717) is 0 Å². The summed E-state index contributed by atoms with van der Waals surface area (Å²) in [5.74, 6) is -0.734. The van der Waals surface area contributed by atoms with E-state index in [-0.39, 0.29) is 5.56 Å². The zero-order valence-corrected chi connectivity index (χ0v) is 17.0. The molecule has 1 saturated carbocycles. The minimum atomic E-state index is -2.26. The molecule has 1 aliphatic carbocycles. The Morgan fingerprint density at radius 3 is 2.24 bits per heavy atom. The lowest BCUT2D eigenvalue weighted by Gasteiger charge is -2.48. The van der Waals surface area contributed by atoms with E-state index < -0.39 is 53.5 Å². The van der Waals surface area contributed by atoms with E-state index in [1.54, 1.807) is 18.2 Å². The van der Waals surface area contributed by atoms with Crippen LogP contribution in [0.15, 0.2) is 30.3 Å². The lowest BCUT2D eigenvalue weighted by atomic mass is 9.73. The summed E-state index contributed by atoms with van der Waals surface area (Å²) in [5.41, 5.74) is 6.14. The molecule has 6 atom stereocenters. The molecule has 1 aliphatic rings. The zero-order valence-electron chi connectivity index (χ0n) is 17.0.